The largest absolute Gasteiger partial charge is 0.495 e. The smallest absolute Gasteiger partial charge is 0.303 e. The third-order valence-electron chi connectivity index (χ3n) is 3.07. The lowest BCUT2D eigenvalue weighted by Crippen LogP contribution is -2.12. The first-order chi connectivity index (χ1) is 9.51. The fourth-order valence-electron chi connectivity index (χ4n) is 2.01. The van der Waals surface area contributed by atoms with Gasteiger partial charge in [-0.1, -0.05) is 6.42 Å². The maximum Gasteiger partial charge on any atom is 0.303 e. The lowest BCUT2D eigenvalue weighted by molar-refractivity contribution is -0.137. The molecule has 1 aromatic rings. The Morgan fingerprint density at radius 2 is 2.05 bits per heavy atom. The Hall–Kier alpha value is -1.27. The number of hydrogen-bond acceptors (Lipinski definition) is 4. The van der Waals surface area contributed by atoms with E-state index in [1.807, 2.05) is 12.1 Å². The summed E-state index contributed by atoms with van der Waals surface area (Å²) in [4.78, 5) is 10.5. The Bertz CT molecular complexity index is 465. The SMILES string of the molecule is COc1ccc(C(N)CCCCC(=O)O)c(OC)c1Br. The van der Waals surface area contributed by atoms with E-state index in [1.54, 1.807) is 14.2 Å². The molecule has 0 aliphatic rings. The molecule has 6 heteroatoms. The number of unbranched alkanes of at least 4 members (excludes halogenated alkanes) is 1. The molecule has 112 valence electrons. The molecular weight excluding hydrogens is 326 g/mol. The molecule has 0 aliphatic carbocycles. The van der Waals surface area contributed by atoms with Crippen molar-refractivity contribution in [1.29, 1.82) is 0 Å². The molecule has 0 aromatic heterocycles. The molecule has 0 bridgehead atoms. The Kier molecular flexibility index (Phi) is 6.81. The third kappa shape index (κ3) is 4.38. The molecule has 0 saturated carbocycles. The molecule has 0 amide bonds. The summed E-state index contributed by atoms with van der Waals surface area (Å²) in [6.45, 7) is 0. The number of carboxylic acids is 1. The van der Waals surface area contributed by atoms with Crippen LogP contribution in [0.5, 0.6) is 11.5 Å². The van der Waals surface area contributed by atoms with Crippen LogP contribution in [0.15, 0.2) is 16.6 Å². The average Bonchev–Trinajstić information content (AvgIpc) is 2.42. The summed E-state index contributed by atoms with van der Waals surface area (Å²) in [7, 11) is 3.17. The van der Waals surface area contributed by atoms with Crippen LogP contribution in [0.1, 0.15) is 37.3 Å². The average molecular weight is 346 g/mol. The first-order valence-electron chi connectivity index (χ1n) is 6.39. The van der Waals surface area contributed by atoms with Crippen molar-refractivity contribution in [3.63, 3.8) is 0 Å². The molecular formula is C14H20BrNO4. The number of ether oxygens (including phenoxy) is 2. The van der Waals surface area contributed by atoms with E-state index in [4.69, 9.17) is 20.3 Å². The highest BCUT2D eigenvalue weighted by atomic mass is 79.9. The number of carboxylic acid groups (broad SMARTS) is 1. The number of carbonyl (C=O) groups is 1. The number of nitrogens with two attached hydrogens (primary N) is 1. The monoisotopic (exact) mass is 345 g/mol. The Labute approximate surface area is 127 Å². The lowest BCUT2D eigenvalue weighted by atomic mass is 10.00. The molecule has 1 unspecified atom stereocenters. The normalized spacial score (nSPS) is 12.0. The second kappa shape index (κ2) is 8.11. The molecule has 0 radical (unpaired) electrons. The van der Waals surface area contributed by atoms with Crippen LogP contribution in [0.3, 0.4) is 0 Å². The zero-order valence-electron chi connectivity index (χ0n) is 11.7. The highest BCUT2D eigenvalue weighted by molar-refractivity contribution is 9.10. The van der Waals surface area contributed by atoms with Crippen molar-refractivity contribution < 1.29 is 19.4 Å². The fourth-order valence-corrected chi connectivity index (χ4v) is 2.69. The highest BCUT2D eigenvalue weighted by Gasteiger charge is 2.17. The van der Waals surface area contributed by atoms with Gasteiger partial charge in [0.05, 0.1) is 14.2 Å². The molecule has 0 fully saturated rings. The van der Waals surface area contributed by atoms with Gasteiger partial charge in [0.25, 0.3) is 0 Å². The molecule has 0 spiro atoms. The lowest BCUT2D eigenvalue weighted by Gasteiger charge is -2.18. The highest BCUT2D eigenvalue weighted by Crippen LogP contribution is 2.40. The van der Waals surface area contributed by atoms with Crippen LogP contribution in [0.4, 0.5) is 0 Å². The number of aliphatic carboxylic acids is 1. The summed E-state index contributed by atoms with van der Waals surface area (Å²) in [5, 5.41) is 8.60. The third-order valence-corrected chi connectivity index (χ3v) is 3.82. The van der Waals surface area contributed by atoms with Crippen molar-refractivity contribution in [2.45, 2.75) is 31.7 Å². The van der Waals surface area contributed by atoms with E-state index < -0.39 is 5.97 Å². The summed E-state index contributed by atoms with van der Waals surface area (Å²) in [6, 6.07) is 3.52. The van der Waals surface area contributed by atoms with E-state index in [0.29, 0.717) is 24.3 Å². The van der Waals surface area contributed by atoms with Gasteiger partial charge in [0.1, 0.15) is 16.0 Å². The van der Waals surface area contributed by atoms with Crippen LogP contribution in [0.2, 0.25) is 0 Å². The molecule has 1 atom stereocenters. The zero-order chi connectivity index (χ0) is 15.1. The minimum absolute atomic E-state index is 0.177. The van der Waals surface area contributed by atoms with Gasteiger partial charge in [-0.15, -0.1) is 0 Å². The molecule has 1 aromatic carbocycles. The van der Waals surface area contributed by atoms with Gasteiger partial charge in [-0.05, 0) is 40.9 Å². The van der Waals surface area contributed by atoms with Gasteiger partial charge in [-0.2, -0.15) is 0 Å². The molecule has 0 heterocycles. The van der Waals surface area contributed by atoms with E-state index in [-0.39, 0.29) is 12.5 Å². The van der Waals surface area contributed by atoms with E-state index in [0.717, 1.165) is 16.5 Å². The van der Waals surface area contributed by atoms with Gasteiger partial charge >= 0.3 is 5.97 Å². The minimum atomic E-state index is -0.775. The Balaban J connectivity index is 2.74. The van der Waals surface area contributed by atoms with Crippen LogP contribution < -0.4 is 15.2 Å². The zero-order valence-corrected chi connectivity index (χ0v) is 13.3. The maximum atomic E-state index is 10.5. The summed E-state index contributed by atoms with van der Waals surface area (Å²) in [5.74, 6) is 0.571. The van der Waals surface area contributed by atoms with E-state index in [1.165, 1.54) is 0 Å². The van der Waals surface area contributed by atoms with Crippen LogP contribution >= 0.6 is 15.9 Å². The van der Waals surface area contributed by atoms with Crippen molar-refractivity contribution in [3.8, 4) is 11.5 Å². The van der Waals surface area contributed by atoms with Crippen molar-refractivity contribution in [3.05, 3.63) is 22.2 Å². The first kappa shape index (κ1) is 16.8. The topological polar surface area (TPSA) is 81.8 Å². The van der Waals surface area contributed by atoms with Crippen molar-refractivity contribution >= 4 is 21.9 Å². The van der Waals surface area contributed by atoms with Gasteiger partial charge in [-0.25, -0.2) is 0 Å². The van der Waals surface area contributed by atoms with Crippen LogP contribution in [0.25, 0.3) is 0 Å². The van der Waals surface area contributed by atoms with E-state index in [9.17, 15) is 4.79 Å². The minimum Gasteiger partial charge on any atom is -0.495 e. The quantitative estimate of drug-likeness (QED) is 0.707. The Morgan fingerprint density at radius 1 is 1.35 bits per heavy atom. The molecule has 20 heavy (non-hydrogen) atoms. The van der Waals surface area contributed by atoms with Crippen molar-refractivity contribution in [2.75, 3.05) is 14.2 Å². The molecule has 1 rings (SSSR count). The number of benzene rings is 1. The van der Waals surface area contributed by atoms with Crippen LogP contribution in [-0.4, -0.2) is 25.3 Å². The molecule has 5 nitrogen and oxygen atoms in total. The Morgan fingerprint density at radius 3 is 2.60 bits per heavy atom. The molecule has 0 aliphatic heterocycles. The summed E-state index contributed by atoms with van der Waals surface area (Å²) >= 11 is 3.44. The number of rotatable bonds is 8. The van der Waals surface area contributed by atoms with Crippen LogP contribution in [0, 0.1) is 0 Å². The van der Waals surface area contributed by atoms with Gasteiger partial charge in [0, 0.05) is 18.0 Å². The van der Waals surface area contributed by atoms with Gasteiger partial charge in [0.15, 0.2) is 0 Å². The molecule has 0 saturated heterocycles. The van der Waals surface area contributed by atoms with E-state index in [2.05, 4.69) is 15.9 Å². The van der Waals surface area contributed by atoms with Gasteiger partial charge < -0.3 is 20.3 Å². The second-order valence-electron chi connectivity index (χ2n) is 4.45. The van der Waals surface area contributed by atoms with Crippen molar-refractivity contribution in [1.82, 2.24) is 0 Å². The fraction of sp³-hybridized carbons (Fsp3) is 0.500. The summed E-state index contributed by atoms with van der Waals surface area (Å²) in [6.07, 6.45) is 2.28. The van der Waals surface area contributed by atoms with Gasteiger partial charge in [-0.3, -0.25) is 4.79 Å². The second-order valence-corrected chi connectivity index (χ2v) is 5.24. The summed E-state index contributed by atoms with van der Waals surface area (Å²) < 4.78 is 11.3. The van der Waals surface area contributed by atoms with Crippen molar-refractivity contribution in [2.24, 2.45) is 5.73 Å². The van der Waals surface area contributed by atoms with Gasteiger partial charge in [0.2, 0.25) is 0 Å². The number of methoxy groups -OCH3 is 2. The van der Waals surface area contributed by atoms with Crippen LogP contribution in [-0.2, 0) is 4.79 Å². The number of halogens is 1. The predicted octanol–water partition coefficient (Wildman–Crippen LogP) is 3.11. The standard InChI is InChI=1S/C14H20BrNO4/c1-19-11-8-7-9(14(20-2)13(11)15)10(16)5-3-4-6-12(17)18/h7-8,10H,3-6,16H2,1-2H3,(H,17,18). The summed E-state index contributed by atoms with van der Waals surface area (Å²) in [5.41, 5.74) is 7.04. The first-order valence-corrected chi connectivity index (χ1v) is 7.18. The number of hydrogen-bond donors (Lipinski definition) is 2. The predicted molar refractivity (Wildman–Crippen MR) is 80.3 cm³/mol. The molecule has 3 N–H and O–H groups in total. The van der Waals surface area contributed by atoms with E-state index >= 15 is 0 Å². The maximum absolute atomic E-state index is 10.5.